The predicted molar refractivity (Wildman–Crippen MR) is 185 cm³/mol. The smallest absolute Gasteiger partial charge is 0.127 e. The molecule has 0 aromatic heterocycles. The van der Waals surface area contributed by atoms with Crippen molar-refractivity contribution in [2.45, 2.75) is 92.4 Å². The summed E-state index contributed by atoms with van der Waals surface area (Å²) in [4.78, 5) is 5.54. The van der Waals surface area contributed by atoms with Crippen LogP contribution < -0.4 is 25.4 Å². The van der Waals surface area contributed by atoms with Crippen molar-refractivity contribution >= 4 is 40.0 Å². The molecule has 1 aliphatic heterocycles. The van der Waals surface area contributed by atoms with Crippen LogP contribution in [0.4, 0.5) is 22.7 Å². The maximum absolute atomic E-state index is 6.06. The van der Waals surface area contributed by atoms with Crippen molar-refractivity contribution in [2.24, 2.45) is 11.8 Å². The minimum atomic E-state index is 0.698. The summed E-state index contributed by atoms with van der Waals surface area (Å²) in [5.41, 5.74) is 9.43. The summed E-state index contributed by atoms with van der Waals surface area (Å²) in [5.74, 6) is 1.40. The Kier molecular flexibility index (Phi) is 13.5. The van der Waals surface area contributed by atoms with Crippen LogP contribution in [-0.2, 0) is 0 Å². The van der Waals surface area contributed by atoms with Gasteiger partial charge in [0, 0.05) is 50.3 Å². The van der Waals surface area contributed by atoms with Crippen LogP contribution in [0.3, 0.4) is 0 Å². The van der Waals surface area contributed by atoms with Gasteiger partial charge in [-0.2, -0.15) is 0 Å². The SMILES string of the molecule is CCCCCCCCC1=CN(c2ccc(N(C)CCC(C)C)cc2)NN(c2ccc(N(C)CCC(C)C)cc2)C1=S. The molecule has 3 rings (SSSR count). The third-order valence-electron chi connectivity index (χ3n) is 7.97. The zero-order valence-electron chi connectivity index (χ0n) is 26.8. The van der Waals surface area contributed by atoms with E-state index in [2.05, 4.69) is 129 Å². The Hall–Kier alpha value is -2.57. The monoisotopic (exact) mass is 577 g/mol. The molecule has 226 valence electrons. The van der Waals surface area contributed by atoms with E-state index in [-0.39, 0.29) is 0 Å². The first-order chi connectivity index (χ1) is 19.7. The van der Waals surface area contributed by atoms with Gasteiger partial charge in [-0.15, -0.1) is 5.53 Å². The molecule has 2 aromatic rings. The molecule has 0 unspecified atom stereocenters. The Bertz CT molecular complexity index is 1080. The zero-order valence-corrected chi connectivity index (χ0v) is 27.6. The van der Waals surface area contributed by atoms with E-state index in [1.165, 1.54) is 61.9 Å². The summed E-state index contributed by atoms with van der Waals surface area (Å²) < 4.78 is 0. The van der Waals surface area contributed by atoms with E-state index in [0.29, 0.717) is 11.8 Å². The van der Waals surface area contributed by atoms with Crippen LogP contribution in [-0.4, -0.2) is 32.2 Å². The lowest BCUT2D eigenvalue weighted by Crippen LogP contribution is -2.54. The van der Waals surface area contributed by atoms with Crippen LogP contribution in [0.25, 0.3) is 0 Å². The van der Waals surface area contributed by atoms with E-state index in [1.807, 2.05) is 0 Å². The van der Waals surface area contributed by atoms with E-state index in [0.717, 1.165) is 42.3 Å². The molecule has 0 spiro atoms. The molecule has 0 fully saturated rings. The van der Waals surface area contributed by atoms with Gasteiger partial charge in [0.1, 0.15) is 4.99 Å². The molecule has 2 aromatic carbocycles. The van der Waals surface area contributed by atoms with Crippen molar-refractivity contribution in [3.8, 4) is 0 Å². The number of nitrogens with one attached hydrogen (secondary N) is 1. The van der Waals surface area contributed by atoms with Crippen LogP contribution in [0.15, 0.2) is 60.3 Å². The maximum Gasteiger partial charge on any atom is 0.127 e. The van der Waals surface area contributed by atoms with Gasteiger partial charge in [-0.25, -0.2) is 5.01 Å². The van der Waals surface area contributed by atoms with E-state index < -0.39 is 0 Å². The van der Waals surface area contributed by atoms with Crippen LogP contribution in [0.5, 0.6) is 0 Å². The molecule has 0 bridgehead atoms. The van der Waals surface area contributed by atoms with Gasteiger partial charge in [0.25, 0.3) is 0 Å². The summed E-state index contributed by atoms with van der Waals surface area (Å²) in [6.07, 6.45) is 13.2. The van der Waals surface area contributed by atoms with Gasteiger partial charge in [-0.05, 0) is 86.1 Å². The quantitative estimate of drug-likeness (QED) is 0.149. The Balaban J connectivity index is 1.78. The van der Waals surface area contributed by atoms with Crippen molar-refractivity contribution in [3.63, 3.8) is 0 Å². The minimum Gasteiger partial charge on any atom is -0.375 e. The first kappa shape index (κ1) is 32.9. The van der Waals surface area contributed by atoms with Crippen molar-refractivity contribution in [3.05, 3.63) is 60.3 Å². The summed E-state index contributed by atoms with van der Waals surface area (Å²) in [6.45, 7) is 13.5. The first-order valence-corrected chi connectivity index (χ1v) is 16.3. The third-order valence-corrected chi connectivity index (χ3v) is 8.42. The average Bonchev–Trinajstić information content (AvgIpc) is 2.97. The van der Waals surface area contributed by atoms with Crippen molar-refractivity contribution < 1.29 is 0 Å². The number of anilines is 4. The van der Waals surface area contributed by atoms with Crippen LogP contribution in [0.2, 0.25) is 0 Å². The highest BCUT2D eigenvalue weighted by Crippen LogP contribution is 2.29. The van der Waals surface area contributed by atoms with Gasteiger partial charge in [0.2, 0.25) is 0 Å². The second-order valence-electron chi connectivity index (χ2n) is 12.5. The zero-order chi connectivity index (χ0) is 29.8. The summed E-state index contributed by atoms with van der Waals surface area (Å²) in [5, 5.41) is 4.20. The molecule has 0 saturated carbocycles. The molecule has 0 amide bonds. The van der Waals surface area contributed by atoms with Gasteiger partial charge in [0.15, 0.2) is 0 Å². The van der Waals surface area contributed by atoms with E-state index >= 15 is 0 Å². The summed E-state index contributed by atoms with van der Waals surface area (Å²) in [7, 11) is 4.35. The van der Waals surface area contributed by atoms with Crippen molar-refractivity contribution in [2.75, 3.05) is 47.0 Å². The van der Waals surface area contributed by atoms with Crippen LogP contribution >= 0.6 is 12.2 Å². The lowest BCUT2D eigenvalue weighted by Gasteiger charge is -2.38. The van der Waals surface area contributed by atoms with E-state index in [1.54, 1.807) is 0 Å². The molecule has 1 heterocycles. The van der Waals surface area contributed by atoms with Crippen LogP contribution in [0.1, 0.15) is 92.4 Å². The minimum absolute atomic E-state index is 0.698. The number of hydrazine groups is 2. The number of hydrogen-bond donors (Lipinski definition) is 1. The highest BCUT2D eigenvalue weighted by atomic mass is 32.1. The predicted octanol–water partition coefficient (Wildman–Crippen LogP) is 9.36. The largest absolute Gasteiger partial charge is 0.375 e. The molecule has 0 aliphatic carbocycles. The molecule has 6 heteroatoms. The average molecular weight is 578 g/mol. The number of nitrogens with zero attached hydrogens (tertiary/aromatic N) is 4. The molecule has 0 radical (unpaired) electrons. The molecule has 0 atom stereocenters. The number of thiocarbonyl (C=S) groups is 1. The summed E-state index contributed by atoms with van der Waals surface area (Å²) >= 11 is 6.06. The highest BCUT2D eigenvalue weighted by Gasteiger charge is 2.24. The first-order valence-electron chi connectivity index (χ1n) is 15.9. The lowest BCUT2D eigenvalue weighted by molar-refractivity contribution is 0.585. The second kappa shape index (κ2) is 16.8. The molecule has 41 heavy (non-hydrogen) atoms. The number of rotatable bonds is 17. The van der Waals surface area contributed by atoms with Gasteiger partial charge in [-0.3, -0.25) is 5.01 Å². The van der Waals surface area contributed by atoms with Crippen molar-refractivity contribution in [1.29, 1.82) is 0 Å². The van der Waals surface area contributed by atoms with Gasteiger partial charge in [0.05, 0.1) is 11.4 Å². The fourth-order valence-corrected chi connectivity index (χ4v) is 5.30. The molecule has 5 nitrogen and oxygen atoms in total. The molecule has 1 N–H and O–H groups in total. The molecular formula is C35H55N5S. The van der Waals surface area contributed by atoms with Gasteiger partial charge >= 0.3 is 0 Å². The normalized spacial score (nSPS) is 13.8. The van der Waals surface area contributed by atoms with Crippen LogP contribution in [0, 0.1) is 11.8 Å². The number of hydrogen-bond acceptors (Lipinski definition) is 5. The number of benzene rings is 2. The Labute approximate surface area is 256 Å². The number of unbranched alkanes of at least 4 members (excludes halogenated alkanes) is 5. The Morgan fingerprint density at radius 1 is 0.707 bits per heavy atom. The topological polar surface area (TPSA) is 25.0 Å². The fraction of sp³-hybridized carbons (Fsp3) is 0.571. The molecule has 0 saturated heterocycles. The van der Waals surface area contributed by atoms with Crippen molar-refractivity contribution in [1.82, 2.24) is 5.53 Å². The van der Waals surface area contributed by atoms with E-state index in [4.69, 9.17) is 12.2 Å². The standard InChI is InChI=1S/C35H55N5S/c1-8-9-10-11-12-13-14-30-27-39(33-19-15-31(16-20-33)37(6)25-23-28(2)3)36-40(35(30)41)34-21-17-32(18-22-34)38(7)26-24-29(4)5/h15-22,27-29,36H,8-14,23-26H2,1-7H3. The summed E-state index contributed by atoms with van der Waals surface area (Å²) in [6, 6.07) is 17.6. The fourth-order valence-electron chi connectivity index (χ4n) is 5.00. The Morgan fingerprint density at radius 2 is 1.20 bits per heavy atom. The molecule has 1 aliphatic rings. The highest BCUT2D eigenvalue weighted by molar-refractivity contribution is 7.81. The lowest BCUT2D eigenvalue weighted by atomic mass is 10.0. The Morgan fingerprint density at radius 3 is 1.71 bits per heavy atom. The second-order valence-corrected chi connectivity index (χ2v) is 12.9. The maximum atomic E-state index is 6.06. The van der Waals surface area contributed by atoms with E-state index in [9.17, 15) is 0 Å². The van der Waals surface area contributed by atoms with Gasteiger partial charge in [-0.1, -0.05) is 78.9 Å². The van der Waals surface area contributed by atoms with Gasteiger partial charge < -0.3 is 9.80 Å². The molecular weight excluding hydrogens is 522 g/mol. The third kappa shape index (κ3) is 10.3.